The zero-order chi connectivity index (χ0) is 8.44. The Hall–Kier alpha value is 0.230. The highest BCUT2D eigenvalue weighted by Gasteiger charge is 2.40. The van der Waals surface area contributed by atoms with Gasteiger partial charge in [0, 0.05) is 13.0 Å². The molecule has 1 spiro atoms. The lowest BCUT2D eigenvalue weighted by Gasteiger charge is -2.37. The Kier molecular flexibility index (Phi) is 2.60. The van der Waals surface area contributed by atoms with E-state index in [4.69, 9.17) is 9.47 Å². The first-order valence-electron chi connectivity index (χ1n) is 4.42. The second kappa shape index (κ2) is 3.54. The molecule has 0 amide bonds. The maximum absolute atomic E-state index is 5.64. The largest absolute Gasteiger partial charge is 0.346 e. The van der Waals surface area contributed by atoms with Crippen LogP contribution in [0.25, 0.3) is 0 Å². The molecule has 2 aliphatic rings. The van der Waals surface area contributed by atoms with Gasteiger partial charge >= 0.3 is 0 Å². The van der Waals surface area contributed by atoms with Crippen molar-refractivity contribution in [2.75, 3.05) is 32.6 Å². The van der Waals surface area contributed by atoms with Crippen LogP contribution in [0, 0.1) is 0 Å². The summed E-state index contributed by atoms with van der Waals surface area (Å²) in [6, 6.07) is 0. The van der Waals surface area contributed by atoms with Gasteiger partial charge in [-0.1, -0.05) is 11.9 Å². The number of nitrogens with zero attached hydrogens (tertiary/aromatic N) is 1. The van der Waals surface area contributed by atoms with Gasteiger partial charge in [0.25, 0.3) is 0 Å². The van der Waals surface area contributed by atoms with Crippen LogP contribution < -0.4 is 0 Å². The topological polar surface area (TPSA) is 21.7 Å². The van der Waals surface area contributed by atoms with Gasteiger partial charge in [0.2, 0.25) is 0 Å². The van der Waals surface area contributed by atoms with Crippen LogP contribution in [0.15, 0.2) is 0 Å². The molecule has 2 heterocycles. The standard InChI is InChI=1S/C8H15NO2S/c1-12-9-4-2-3-8(7-9)10-5-6-11-8/h2-7H2,1H3. The Morgan fingerprint density at radius 1 is 1.33 bits per heavy atom. The number of hydrogen-bond acceptors (Lipinski definition) is 4. The summed E-state index contributed by atoms with van der Waals surface area (Å²) in [5.41, 5.74) is 0. The van der Waals surface area contributed by atoms with Crippen LogP contribution in [0.3, 0.4) is 0 Å². The third kappa shape index (κ3) is 1.62. The minimum Gasteiger partial charge on any atom is -0.346 e. The van der Waals surface area contributed by atoms with Crippen LogP contribution in [-0.2, 0) is 9.47 Å². The Bertz CT molecular complexity index is 159. The molecule has 2 fully saturated rings. The van der Waals surface area contributed by atoms with Crippen molar-refractivity contribution in [3.05, 3.63) is 0 Å². The molecule has 0 aromatic carbocycles. The van der Waals surface area contributed by atoms with Gasteiger partial charge in [-0.05, 0) is 12.7 Å². The van der Waals surface area contributed by atoms with Crippen molar-refractivity contribution in [1.82, 2.24) is 4.31 Å². The van der Waals surface area contributed by atoms with E-state index in [-0.39, 0.29) is 5.79 Å². The summed E-state index contributed by atoms with van der Waals surface area (Å²) in [5, 5.41) is 0. The van der Waals surface area contributed by atoms with Gasteiger partial charge in [-0.25, -0.2) is 4.31 Å². The zero-order valence-corrected chi connectivity index (χ0v) is 8.23. The van der Waals surface area contributed by atoms with E-state index in [9.17, 15) is 0 Å². The van der Waals surface area contributed by atoms with E-state index in [2.05, 4.69) is 10.6 Å². The first kappa shape index (κ1) is 8.81. The summed E-state index contributed by atoms with van der Waals surface area (Å²) in [6.45, 7) is 3.62. The van der Waals surface area contributed by atoms with Crippen molar-refractivity contribution in [2.45, 2.75) is 18.6 Å². The van der Waals surface area contributed by atoms with Gasteiger partial charge in [0.1, 0.15) is 0 Å². The van der Waals surface area contributed by atoms with Gasteiger partial charge < -0.3 is 9.47 Å². The smallest absolute Gasteiger partial charge is 0.182 e. The lowest BCUT2D eigenvalue weighted by atomic mass is 10.1. The maximum Gasteiger partial charge on any atom is 0.182 e. The molecule has 0 aromatic heterocycles. The Morgan fingerprint density at radius 3 is 2.75 bits per heavy atom. The van der Waals surface area contributed by atoms with Crippen LogP contribution in [0.1, 0.15) is 12.8 Å². The first-order chi connectivity index (χ1) is 5.85. The van der Waals surface area contributed by atoms with Crippen LogP contribution in [0.5, 0.6) is 0 Å². The molecule has 0 atom stereocenters. The average Bonchev–Trinajstić information content (AvgIpc) is 2.53. The molecule has 70 valence electrons. The normalized spacial score (nSPS) is 29.8. The van der Waals surface area contributed by atoms with Crippen molar-refractivity contribution in [2.24, 2.45) is 0 Å². The van der Waals surface area contributed by atoms with E-state index < -0.39 is 0 Å². The van der Waals surface area contributed by atoms with Crippen molar-refractivity contribution >= 4 is 11.9 Å². The van der Waals surface area contributed by atoms with Gasteiger partial charge in [0.05, 0.1) is 19.8 Å². The summed E-state index contributed by atoms with van der Waals surface area (Å²) in [7, 11) is 0. The average molecular weight is 189 g/mol. The summed E-state index contributed by atoms with van der Waals surface area (Å²) < 4.78 is 13.6. The van der Waals surface area contributed by atoms with Gasteiger partial charge in [0.15, 0.2) is 5.79 Å². The summed E-state index contributed by atoms with van der Waals surface area (Å²) in [6.07, 6.45) is 4.35. The van der Waals surface area contributed by atoms with Crippen molar-refractivity contribution < 1.29 is 9.47 Å². The molecule has 0 N–H and O–H groups in total. The minimum atomic E-state index is -0.249. The molecule has 0 unspecified atom stereocenters. The van der Waals surface area contributed by atoms with Crippen molar-refractivity contribution in [3.63, 3.8) is 0 Å². The fourth-order valence-electron chi connectivity index (χ4n) is 1.84. The van der Waals surface area contributed by atoms with E-state index in [1.54, 1.807) is 11.9 Å². The molecule has 0 bridgehead atoms. The Balaban J connectivity index is 1.97. The quantitative estimate of drug-likeness (QED) is 0.576. The molecule has 0 aromatic rings. The highest BCUT2D eigenvalue weighted by Crippen LogP contribution is 2.31. The minimum absolute atomic E-state index is 0.249. The second-order valence-corrected chi connectivity index (χ2v) is 4.14. The number of hydrogen-bond donors (Lipinski definition) is 0. The Morgan fingerprint density at radius 2 is 2.08 bits per heavy atom. The highest BCUT2D eigenvalue weighted by atomic mass is 32.2. The molecule has 3 nitrogen and oxygen atoms in total. The summed E-state index contributed by atoms with van der Waals surface area (Å²) in [4.78, 5) is 0. The van der Waals surface area contributed by atoms with E-state index in [1.165, 1.54) is 6.42 Å². The third-order valence-electron chi connectivity index (χ3n) is 2.45. The number of piperidine rings is 1. The van der Waals surface area contributed by atoms with Crippen LogP contribution >= 0.6 is 11.9 Å². The second-order valence-electron chi connectivity index (χ2n) is 3.26. The SMILES string of the molecule is CSN1CCCC2(C1)OCCO2. The van der Waals surface area contributed by atoms with Crippen molar-refractivity contribution in [1.29, 1.82) is 0 Å². The van der Waals surface area contributed by atoms with E-state index in [0.29, 0.717) is 0 Å². The molecule has 0 saturated carbocycles. The Labute approximate surface area is 77.5 Å². The van der Waals surface area contributed by atoms with Crippen LogP contribution in [0.2, 0.25) is 0 Å². The highest BCUT2D eigenvalue weighted by molar-refractivity contribution is 7.96. The zero-order valence-electron chi connectivity index (χ0n) is 7.41. The molecule has 2 aliphatic heterocycles. The van der Waals surface area contributed by atoms with E-state index >= 15 is 0 Å². The fraction of sp³-hybridized carbons (Fsp3) is 1.00. The number of ether oxygens (including phenoxy) is 2. The van der Waals surface area contributed by atoms with Gasteiger partial charge in [-0.3, -0.25) is 0 Å². The number of rotatable bonds is 1. The van der Waals surface area contributed by atoms with Gasteiger partial charge in [-0.2, -0.15) is 0 Å². The van der Waals surface area contributed by atoms with Crippen molar-refractivity contribution in [3.8, 4) is 0 Å². The first-order valence-corrected chi connectivity index (χ1v) is 5.60. The molecule has 0 aliphatic carbocycles. The third-order valence-corrected chi connectivity index (χ3v) is 3.28. The molecule has 0 radical (unpaired) electrons. The lowest BCUT2D eigenvalue weighted by Crippen LogP contribution is -2.46. The van der Waals surface area contributed by atoms with Crippen LogP contribution in [-0.4, -0.2) is 42.7 Å². The predicted octanol–water partition coefficient (Wildman–Crippen LogP) is 1.10. The summed E-state index contributed by atoms with van der Waals surface area (Å²) in [5.74, 6) is -0.249. The lowest BCUT2D eigenvalue weighted by molar-refractivity contribution is -0.178. The fourth-order valence-corrected chi connectivity index (χ4v) is 2.48. The van der Waals surface area contributed by atoms with E-state index in [1.807, 2.05) is 0 Å². The molecule has 4 heteroatoms. The molecular weight excluding hydrogens is 174 g/mol. The predicted molar refractivity (Wildman–Crippen MR) is 49.0 cm³/mol. The molecule has 2 saturated heterocycles. The maximum atomic E-state index is 5.64. The molecule has 12 heavy (non-hydrogen) atoms. The van der Waals surface area contributed by atoms with E-state index in [0.717, 1.165) is 32.7 Å². The van der Waals surface area contributed by atoms with Crippen LogP contribution in [0.4, 0.5) is 0 Å². The monoisotopic (exact) mass is 189 g/mol. The molecule has 2 rings (SSSR count). The molecular formula is C8H15NO2S. The van der Waals surface area contributed by atoms with Gasteiger partial charge in [-0.15, -0.1) is 0 Å². The summed E-state index contributed by atoms with van der Waals surface area (Å²) >= 11 is 1.78.